The first kappa shape index (κ1) is 13.3. The van der Waals surface area contributed by atoms with Crippen LogP contribution in [0, 0.1) is 0 Å². The highest BCUT2D eigenvalue weighted by Gasteiger charge is 2.09. The van der Waals surface area contributed by atoms with Crippen molar-refractivity contribution in [3.05, 3.63) is 34.3 Å². The molecule has 0 aliphatic carbocycles. The van der Waals surface area contributed by atoms with E-state index in [1.807, 2.05) is 0 Å². The van der Waals surface area contributed by atoms with E-state index in [2.05, 4.69) is 36.5 Å². The molecule has 2 heterocycles. The van der Waals surface area contributed by atoms with E-state index in [1.54, 1.807) is 12.3 Å². The number of aromatic amines is 1. The van der Waals surface area contributed by atoms with Crippen LogP contribution in [-0.2, 0) is 17.9 Å². The summed E-state index contributed by atoms with van der Waals surface area (Å²) in [5.74, 6) is -1.28. The number of aliphatic carboxylic acids is 1. The van der Waals surface area contributed by atoms with Crippen molar-refractivity contribution in [3.63, 3.8) is 0 Å². The number of carbonyl (C=O) groups is 2. The van der Waals surface area contributed by atoms with E-state index in [4.69, 9.17) is 5.11 Å². The summed E-state index contributed by atoms with van der Waals surface area (Å²) in [6.07, 6.45) is 3.12. The highest BCUT2D eigenvalue weighted by Crippen LogP contribution is 2.10. The molecule has 0 unspecified atom stereocenters. The van der Waals surface area contributed by atoms with Gasteiger partial charge in [0.2, 0.25) is 0 Å². The SMILES string of the molecule is O=C(O)Cn1cc(CNC(=O)c2cc(Br)c[nH]2)nn1. The first-order valence-electron chi connectivity index (χ1n) is 5.27. The number of carboxylic acid groups (broad SMARTS) is 1. The third kappa shape index (κ3) is 3.65. The molecule has 100 valence electrons. The monoisotopic (exact) mass is 327 g/mol. The average molecular weight is 328 g/mol. The molecule has 8 nitrogen and oxygen atoms in total. The zero-order valence-corrected chi connectivity index (χ0v) is 11.2. The minimum atomic E-state index is -1.00. The fraction of sp³-hybridized carbons (Fsp3) is 0.200. The number of amides is 1. The molecule has 0 saturated heterocycles. The van der Waals surface area contributed by atoms with Crippen molar-refractivity contribution in [3.8, 4) is 0 Å². The number of carbonyl (C=O) groups excluding carboxylic acids is 1. The molecule has 0 bridgehead atoms. The summed E-state index contributed by atoms with van der Waals surface area (Å²) in [4.78, 5) is 25.0. The molecule has 0 fully saturated rings. The predicted molar refractivity (Wildman–Crippen MR) is 67.3 cm³/mol. The van der Waals surface area contributed by atoms with Gasteiger partial charge in [-0.15, -0.1) is 5.10 Å². The lowest BCUT2D eigenvalue weighted by Crippen LogP contribution is -2.23. The molecule has 9 heteroatoms. The summed E-state index contributed by atoms with van der Waals surface area (Å²) >= 11 is 3.23. The molecule has 0 aromatic carbocycles. The van der Waals surface area contributed by atoms with Crippen LogP contribution in [0.4, 0.5) is 0 Å². The number of aromatic nitrogens is 4. The molecule has 3 N–H and O–H groups in total. The van der Waals surface area contributed by atoms with E-state index in [9.17, 15) is 9.59 Å². The molecule has 0 aliphatic rings. The fourth-order valence-electron chi connectivity index (χ4n) is 1.40. The van der Waals surface area contributed by atoms with Crippen molar-refractivity contribution in [1.82, 2.24) is 25.3 Å². The Morgan fingerprint density at radius 3 is 2.95 bits per heavy atom. The second kappa shape index (κ2) is 5.65. The van der Waals surface area contributed by atoms with Crippen LogP contribution in [0.25, 0.3) is 0 Å². The van der Waals surface area contributed by atoms with Gasteiger partial charge in [-0.3, -0.25) is 9.59 Å². The maximum Gasteiger partial charge on any atom is 0.325 e. The van der Waals surface area contributed by atoms with Gasteiger partial charge in [0.25, 0.3) is 5.91 Å². The summed E-state index contributed by atoms with van der Waals surface area (Å²) in [6.45, 7) is -0.0837. The molecule has 2 aromatic rings. The van der Waals surface area contributed by atoms with Gasteiger partial charge in [0.05, 0.1) is 12.7 Å². The zero-order valence-electron chi connectivity index (χ0n) is 9.63. The fourth-order valence-corrected chi connectivity index (χ4v) is 1.74. The lowest BCUT2D eigenvalue weighted by Gasteiger charge is -1.99. The Hall–Kier alpha value is -2.16. The van der Waals surface area contributed by atoms with Crippen LogP contribution < -0.4 is 5.32 Å². The van der Waals surface area contributed by atoms with Crippen molar-refractivity contribution < 1.29 is 14.7 Å². The third-order valence-corrected chi connectivity index (χ3v) is 2.66. The predicted octanol–water partition coefficient (Wildman–Crippen LogP) is 0.383. The molecule has 0 aliphatic heterocycles. The van der Waals surface area contributed by atoms with E-state index >= 15 is 0 Å². The number of halogens is 1. The second-order valence-electron chi connectivity index (χ2n) is 3.72. The minimum Gasteiger partial charge on any atom is -0.480 e. The molecule has 19 heavy (non-hydrogen) atoms. The van der Waals surface area contributed by atoms with Crippen molar-refractivity contribution in [2.45, 2.75) is 13.1 Å². The minimum absolute atomic E-state index is 0.176. The Morgan fingerprint density at radius 1 is 1.53 bits per heavy atom. The quantitative estimate of drug-likeness (QED) is 0.735. The molecule has 2 aromatic heterocycles. The van der Waals surface area contributed by atoms with Gasteiger partial charge in [0.1, 0.15) is 17.9 Å². The number of hydrogen-bond donors (Lipinski definition) is 3. The third-order valence-electron chi connectivity index (χ3n) is 2.21. The van der Waals surface area contributed by atoms with E-state index < -0.39 is 5.97 Å². The van der Waals surface area contributed by atoms with Gasteiger partial charge >= 0.3 is 5.97 Å². The lowest BCUT2D eigenvalue weighted by molar-refractivity contribution is -0.137. The summed E-state index contributed by atoms with van der Waals surface area (Å²) < 4.78 is 1.97. The average Bonchev–Trinajstić information content (AvgIpc) is 2.94. The summed E-state index contributed by atoms with van der Waals surface area (Å²) in [5.41, 5.74) is 0.907. The Kier molecular flexibility index (Phi) is 3.95. The van der Waals surface area contributed by atoms with Crippen LogP contribution in [-0.4, -0.2) is 37.0 Å². The summed E-state index contributed by atoms with van der Waals surface area (Å²) in [5, 5.41) is 18.6. The number of rotatable bonds is 5. The number of carboxylic acids is 1. The zero-order chi connectivity index (χ0) is 13.8. The Bertz CT molecular complexity index is 606. The molecule has 0 spiro atoms. The molecule has 0 atom stereocenters. The highest BCUT2D eigenvalue weighted by atomic mass is 79.9. The topological polar surface area (TPSA) is 113 Å². The van der Waals surface area contributed by atoms with Crippen LogP contribution >= 0.6 is 15.9 Å². The van der Waals surface area contributed by atoms with Crippen molar-refractivity contribution in [1.29, 1.82) is 0 Å². The standard InChI is InChI=1S/C10H10BrN5O3/c11-6-1-8(12-2-6)10(19)13-3-7-4-16(15-14-7)5-9(17)18/h1-2,4,12H,3,5H2,(H,13,19)(H,17,18). The van der Waals surface area contributed by atoms with Gasteiger partial charge in [0, 0.05) is 10.7 Å². The molecule has 0 radical (unpaired) electrons. The van der Waals surface area contributed by atoms with E-state index in [-0.39, 0.29) is 19.0 Å². The lowest BCUT2D eigenvalue weighted by atomic mass is 10.4. The van der Waals surface area contributed by atoms with Gasteiger partial charge in [-0.25, -0.2) is 4.68 Å². The Balaban J connectivity index is 1.90. The van der Waals surface area contributed by atoms with Crippen molar-refractivity contribution in [2.75, 3.05) is 0 Å². The first-order chi connectivity index (χ1) is 9.04. The number of nitrogens with one attached hydrogen (secondary N) is 2. The van der Waals surface area contributed by atoms with Gasteiger partial charge in [0.15, 0.2) is 0 Å². The van der Waals surface area contributed by atoms with Crippen LogP contribution in [0.2, 0.25) is 0 Å². The second-order valence-corrected chi connectivity index (χ2v) is 4.63. The summed E-state index contributed by atoms with van der Waals surface area (Å²) in [7, 11) is 0. The van der Waals surface area contributed by atoms with E-state index in [1.165, 1.54) is 10.9 Å². The number of hydrogen-bond acceptors (Lipinski definition) is 4. The van der Waals surface area contributed by atoms with Crippen molar-refractivity contribution >= 4 is 27.8 Å². The maximum absolute atomic E-state index is 11.7. The van der Waals surface area contributed by atoms with Crippen LogP contribution in [0.5, 0.6) is 0 Å². The normalized spacial score (nSPS) is 10.4. The maximum atomic E-state index is 11.7. The Labute approximate surface area is 115 Å². The molecular weight excluding hydrogens is 318 g/mol. The summed E-state index contributed by atoms with van der Waals surface area (Å²) in [6, 6.07) is 1.65. The molecule has 2 rings (SSSR count). The van der Waals surface area contributed by atoms with Crippen molar-refractivity contribution in [2.24, 2.45) is 0 Å². The number of nitrogens with zero attached hydrogens (tertiary/aromatic N) is 3. The first-order valence-corrected chi connectivity index (χ1v) is 6.07. The van der Waals surface area contributed by atoms with E-state index in [0.717, 1.165) is 4.47 Å². The largest absolute Gasteiger partial charge is 0.480 e. The number of H-pyrrole nitrogens is 1. The van der Waals surface area contributed by atoms with Crippen LogP contribution in [0.3, 0.4) is 0 Å². The van der Waals surface area contributed by atoms with Gasteiger partial charge in [-0.1, -0.05) is 5.21 Å². The van der Waals surface area contributed by atoms with E-state index in [0.29, 0.717) is 11.4 Å². The van der Waals surface area contributed by atoms with Crippen LogP contribution in [0.1, 0.15) is 16.2 Å². The van der Waals surface area contributed by atoms with Gasteiger partial charge < -0.3 is 15.4 Å². The van der Waals surface area contributed by atoms with Gasteiger partial charge in [-0.2, -0.15) is 0 Å². The molecule has 1 amide bonds. The van der Waals surface area contributed by atoms with Crippen LogP contribution in [0.15, 0.2) is 22.9 Å². The molecular formula is C10H10BrN5O3. The highest BCUT2D eigenvalue weighted by molar-refractivity contribution is 9.10. The Morgan fingerprint density at radius 2 is 2.32 bits per heavy atom. The van der Waals surface area contributed by atoms with Gasteiger partial charge in [-0.05, 0) is 22.0 Å². The molecule has 0 saturated carbocycles. The smallest absolute Gasteiger partial charge is 0.325 e.